The molecule has 37 heavy (non-hydrogen) atoms. The fraction of sp³-hybridized carbons (Fsp3) is 0.308. The first kappa shape index (κ1) is 24.8. The van der Waals surface area contributed by atoms with E-state index in [2.05, 4.69) is 15.1 Å². The van der Waals surface area contributed by atoms with Gasteiger partial charge in [-0.25, -0.2) is 14.1 Å². The van der Waals surface area contributed by atoms with Crippen LogP contribution < -0.4 is 0 Å². The molecule has 0 radical (unpaired) electrons. The molecule has 0 bridgehead atoms. The maximum absolute atomic E-state index is 14.7. The second-order valence-electron chi connectivity index (χ2n) is 9.04. The van der Waals surface area contributed by atoms with E-state index in [0.29, 0.717) is 13.0 Å². The molecule has 0 amide bonds. The summed E-state index contributed by atoms with van der Waals surface area (Å²) in [6.07, 6.45) is 1.47. The zero-order valence-electron chi connectivity index (χ0n) is 20.1. The molecule has 1 aliphatic heterocycles. The summed E-state index contributed by atoms with van der Waals surface area (Å²) in [4.78, 5) is 23.7. The van der Waals surface area contributed by atoms with E-state index >= 15 is 0 Å². The Morgan fingerprint density at radius 1 is 1.16 bits per heavy atom. The van der Waals surface area contributed by atoms with Gasteiger partial charge in [0.2, 0.25) is 0 Å². The Balaban J connectivity index is 1.74. The summed E-state index contributed by atoms with van der Waals surface area (Å²) in [5, 5.41) is 4.55. The average molecular weight is 513 g/mol. The molecule has 7 nitrogen and oxygen atoms in total. The molecule has 11 heteroatoms. The number of ether oxygens (including phenoxy) is 1. The summed E-state index contributed by atoms with van der Waals surface area (Å²) in [6, 6.07) is 6.04. The summed E-state index contributed by atoms with van der Waals surface area (Å²) >= 11 is 0. The second-order valence-corrected chi connectivity index (χ2v) is 9.04. The number of hydrogen-bond acceptors (Lipinski definition) is 5. The molecular weight excluding hydrogens is 490 g/mol. The van der Waals surface area contributed by atoms with Crippen LogP contribution in [-0.2, 0) is 10.9 Å². The fourth-order valence-electron chi connectivity index (χ4n) is 4.45. The largest absolute Gasteiger partial charge is 0.418 e. The van der Waals surface area contributed by atoms with E-state index in [1.165, 1.54) is 41.6 Å². The van der Waals surface area contributed by atoms with Crippen LogP contribution >= 0.6 is 0 Å². The smallest absolute Gasteiger partial charge is 0.369 e. The van der Waals surface area contributed by atoms with Gasteiger partial charge in [0, 0.05) is 55.0 Å². The molecule has 1 saturated heterocycles. The highest BCUT2D eigenvalue weighted by molar-refractivity contribution is 6.21. The molecule has 1 fully saturated rings. The van der Waals surface area contributed by atoms with Crippen LogP contribution in [0.3, 0.4) is 0 Å². The number of hydrogen-bond donors (Lipinski definition) is 0. The number of ketones is 1. The molecule has 0 aliphatic carbocycles. The first-order valence-electron chi connectivity index (χ1n) is 11.7. The molecule has 2 aromatic heterocycles. The summed E-state index contributed by atoms with van der Waals surface area (Å²) in [7, 11) is 3.39. The number of benzene rings is 2. The Morgan fingerprint density at radius 3 is 2.68 bits per heavy atom. The number of aromatic nitrogens is 3. The third-order valence-electron chi connectivity index (χ3n) is 6.17. The summed E-state index contributed by atoms with van der Waals surface area (Å²) in [5.74, 6) is -1.39. The van der Waals surface area contributed by atoms with E-state index in [0.717, 1.165) is 25.0 Å². The minimum absolute atomic E-state index is 0.0103. The molecule has 1 atom stereocenters. The average Bonchev–Trinajstić information content (AvgIpc) is 3.33. The predicted molar refractivity (Wildman–Crippen MR) is 131 cm³/mol. The van der Waals surface area contributed by atoms with E-state index in [1.54, 1.807) is 19.0 Å². The highest BCUT2D eigenvalue weighted by atomic mass is 19.4. The van der Waals surface area contributed by atoms with Gasteiger partial charge in [-0.05, 0) is 49.6 Å². The Kier molecular flexibility index (Phi) is 6.40. The van der Waals surface area contributed by atoms with Gasteiger partial charge in [-0.3, -0.25) is 9.78 Å². The standard InChI is InChI=1S/C26H23F4N5O2/c1-34(2)14-32-22-16-6-5-10-31-23(16)19(26(28,29)30)12-17(22)25(36)15-8-9-20(27)24-18(15)13-35(33-24)21-7-3-4-11-37-21/h5-6,8-10,12-14,21H,3-4,7,11H2,1-2H3/b32-14+. The first-order valence-corrected chi connectivity index (χ1v) is 11.7. The first-order chi connectivity index (χ1) is 17.6. The van der Waals surface area contributed by atoms with Crippen LogP contribution in [0, 0.1) is 5.82 Å². The fourth-order valence-corrected chi connectivity index (χ4v) is 4.45. The number of carbonyl (C=O) groups excluding carboxylic acids is 1. The quantitative estimate of drug-likeness (QED) is 0.144. The third kappa shape index (κ3) is 4.66. The van der Waals surface area contributed by atoms with Crippen LogP contribution in [0.5, 0.6) is 0 Å². The molecule has 0 spiro atoms. The third-order valence-corrected chi connectivity index (χ3v) is 6.17. The van der Waals surface area contributed by atoms with Crippen molar-refractivity contribution in [3.8, 4) is 0 Å². The highest BCUT2D eigenvalue weighted by Gasteiger charge is 2.36. The number of rotatable bonds is 5. The van der Waals surface area contributed by atoms with Gasteiger partial charge in [-0.15, -0.1) is 0 Å². The predicted octanol–water partition coefficient (Wildman–Crippen LogP) is 5.89. The molecule has 3 heterocycles. The molecule has 0 N–H and O–H groups in total. The molecule has 1 aliphatic rings. The Morgan fingerprint density at radius 2 is 1.97 bits per heavy atom. The lowest BCUT2D eigenvalue weighted by atomic mass is 9.94. The number of halogens is 4. The normalized spacial score (nSPS) is 16.6. The number of carbonyl (C=O) groups is 1. The second kappa shape index (κ2) is 9.55. The number of pyridine rings is 1. The summed E-state index contributed by atoms with van der Waals surface area (Å²) < 4.78 is 64.1. The van der Waals surface area contributed by atoms with Crippen molar-refractivity contribution in [2.75, 3.05) is 20.7 Å². The zero-order chi connectivity index (χ0) is 26.3. The molecule has 0 saturated carbocycles. The van der Waals surface area contributed by atoms with Crippen LogP contribution in [0.25, 0.3) is 21.8 Å². The van der Waals surface area contributed by atoms with Crippen LogP contribution in [-0.4, -0.2) is 52.5 Å². The van der Waals surface area contributed by atoms with E-state index in [4.69, 9.17) is 4.74 Å². The van der Waals surface area contributed by atoms with Gasteiger partial charge in [0.05, 0.1) is 23.1 Å². The minimum atomic E-state index is -4.77. The molecule has 2 aromatic carbocycles. The van der Waals surface area contributed by atoms with Crippen molar-refractivity contribution in [1.82, 2.24) is 19.7 Å². The Bertz CT molecular complexity index is 1520. The number of aliphatic imine (C=N–C) groups is 1. The molecule has 1 unspecified atom stereocenters. The monoisotopic (exact) mass is 513 g/mol. The maximum atomic E-state index is 14.7. The SMILES string of the molecule is CN(C)/C=N/c1c(C(=O)c2ccc(F)c3nn(C4CCCCO4)cc23)cc(C(F)(F)F)c2ncccc12. The van der Waals surface area contributed by atoms with Crippen molar-refractivity contribution in [3.05, 3.63) is 65.2 Å². The Labute approximate surface area is 209 Å². The minimum Gasteiger partial charge on any atom is -0.369 e. The molecule has 5 rings (SSSR count). The van der Waals surface area contributed by atoms with Gasteiger partial charge in [0.1, 0.15) is 11.7 Å². The lowest BCUT2D eigenvalue weighted by Gasteiger charge is -2.22. The number of alkyl halides is 3. The van der Waals surface area contributed by atoms with E-state index in [9.17, 15) is 22.4 Å². The van der Waals surface area contributed by atoms with Gasteiger partial charge in [0.25, 0.3) is 0 Å². The van der Waals surface area contributed by atoms with Gasteiger partial charge >= 0.3 is 6.18 Å². The summed E-state index contributed by atoms with van der Waals surface area (Å²) in [6.45, 7) is 0.535. The van der Waals surface area contributed by atoms with Gasteiger partial charge in [0.15, 0.2) is 11.6 Å². The van der Waals surface area contributed by atoms with Crippen LogP contribution in [0.2, 0.25) is 0 Å². The summed E-state index contributed by atoms with van der Waals surface area (Å²) in [5.41, 5.74) is -1.66. The molecule has 4 aromatic rings. The van der Waals surface area contributed by atoms with Gasteiger partial charge in [-0.2, -0.15) is 18.3 Å². The van der Waals surface area contributed by atoms with Crippen molar-refractivity contribution in [1.29, 1.82) is 0 Å². The van der Waals surface area contributed by atoms with Crippen molar-refractivity contribution in [2.24, 2.45) is 4.99 Å². The van der Waals surface area contributed by atoms with Crippen molar-refractivity contribution >= 4 is 39.6 Å². The maximum Gasteiger partial charge on any atom is 0.418 e. The number of fused-ring (bicyclic) bond motifs is 2. The number of nitrogens with zero attached hydrogens (tertiary/aromatic N) is 5. The highest BCUT2D eigenvalue weighted by Crippen LogP contribution is 2.41. The van der Waals surface area contributed by atoms with E-state index < -0.39 is 29.6 Å². The Hall–Kier alpha value is -3.86. The zero-order valence-corrected chi connectivity index (χ0v) is 20.1. The van der Waals surface area contributed by atoms with Crippen LogP contribution in [0.4, 0.5) is 23.2 Å². The van der Waals surface area contributed by atoms with E-state index in [-0.39, 0.29) is 38.6 Å². The lowest BCUT2D eigenvalue weighted by Crippen LogP contribution is -2.18. The van der Waals surface area contributed by atoms with Gasteiger partial charge < -0.3 is 9.64 Å². The van der Waals surface area contributed by atoms with Crippen molar-refractivity contribution < 1.29 is 27.1 Å². The van der Waals surface area contributed by atoms with Crippen LogP contribution in [0.15, 0.2) is 47.7 Å². The molecular formula is C26H23F4N5O2. The molecule has 192 valence electrons. The van der Waals surface area contributed by atoms with Crippen molar-refractivity contribution in [3.63, 3.8) is 0 Å². The van der Waals surface area contributed by atoms with E-state index in [1.807, 2.05) is 0 Å². The van der Waals surface area contributed by atoms with Crippen molar-refractivity contribution in [2.45, 2.75) is 31.7 Å². The topological polar surface area (TPSA) is 72.6 Å². The lowest BCUT2D eigenvalue weighted by molar-refractivity contribution is -0.136. The van der Waals surface area contributed by atoms with Gasteiger partial charge in [-0.1, -0.05) is 0 Å². The van der Waals surface area contributed by atoms with Crippen LogP contribution in [0.1, 0.15) is 47.0 Å².